The van der Waals surface area contributed by atoms with E-state index in [-0.39, 0.29) is 11.8 Å². The number of hydrogen-bond donors (Lipinski definition) is 1. The highest BCUT2D eigenvalue weighted by Crippen LogP contribution is 2.16. The molecule has 1 aromatic carbocycles. The standard InChI is InChI=1S/C14H21NO3/c1-4-11(2)14(16)15-9-10-18-13-7-5-12(17-3)6-8-13/h5-8,11H,4,9-10H2,1-3H3,(H,15,16). The Hall–Kier alpha value is -1.71. The highest BCUT2D eigenvalue weighted by molar-refractivity contribution is 5.78. The highest BCUT2D eigenvalue weighted by Gasteiger charge is 2.08. The van der Waals surface area contributed by atoms with E-state index in [4.69, 9.17) is 9.47 Å². The van der Waals surface area contributed by atoms with Crippen molar-refractivity contribution in [3.8, 4) is 11.5 Å². The van der Waals surface area contributed by atoms with Crippen LogP contribution >= 0.6 is 0 Å². The van der Waals surface area contributed by atoms with Gasteiger partial charge in [0, 0.05) is 5.92 Å². The molecule has 1 aromatic rings. The van der Waals surface area contributed by atoms with Gasteiger partial charge in [0.15, 0.2) is 0 Å². The Morgan fingerprint density at radius 1 is 1.28 bits per heavy atom. The summed E-state index contributed by atoms with van der Waals surface area (Å²) in [4.78, 5) is 11.5. The summed E-state index contributed by atoms with van der Waals surface area (Å²) in [5.41, 5.74) is 0. The lowest BCUT2D eigenvalue weighted by atomic mass is 10.1. The third-order valence-corrected chi connectivity index (χ3v) is 2.79. The Balaban J connectivity index is 2.23. The van der Waals surface area contributed by atoms with Gasteiger partial charge in [-0.15, -0.1) is 0 Å². The van der Waals surface area contributed by atoms with Gasteiger partial charge in [-0.1, -0.05) is 13.8 Å². The summed E-state index contributed by atoms with van der Waals surface area (Å²) in [5, 5.41) is 2.84. The topological polar surface area (TPSA) is 47.6 Å². The van der Waals surface area contributed by atoms with Crippen molar-refractivity contribution >= 4 is 5.91 Å². The molecule has 0 fully saturated rings. The van der Waals surface area contributed by atoms with Crippen LogP contribution in [0, 0.1) is 5.92 Å². The maximum atomic E-state index is 11.5. The fourth-order valence-electron chi connectivity index (χ4n) is 1.37. The Morgan fingerprint density at radius 2 is 1.89 bits per heavy atom. The second-order valence-corrected chi connectivity index (χ2v) is 4.12. The van der Waals surface area contributed by atoms with Crippen molar-refractivity contribution in [1.82, 2.24) is 5.32 Å². The fraction of sp³-hybridized carbons (Fsp3) is 0.500. The molecule has 0 aliphatic rings. The van der Waals surface area contributed by atoms with Crippen LogP contribution in [0.25, 0.3) is 0 Å². The van der Waals surface area contributed by atoms with Crippen LogP contribution in [-0.2, 0) is 4.79 Å². The molecular formula is C14H21NO3. The van der Waals surface area contributed by atoms with E-state index in [0.29, 0.717) is 13.2 Å². The molecule has 0 radical (unpaired) electrons. The van der Waals surface area contributed by atoms with Gasteiger partial charge in [-0.25, -0.2) is 0 Å². The number of methoxy groups -OCH3 is 1. The average molecular weight is 251 g/mol. The number of amides is 1. The van der Waals surface area contributed by atoms with Gasteiger partial charge in [0.2, 0.25) is 5.91 Å². The summed E-state index contributed by atoms with van der Waals surface area (Å²) in [5.74, 6) is 1.71. The third kappa shape index (κ3) is 4.65. The van der Waals surface area contributed by atoms with Gasteiger partial charge < -0.3 is 14.8 Å². The molecule has 0 aliphatic heterocycles. The molecule has 1 atom stereocenters. The van der Waals surface area contributed by atoms with Gasteiger partial charge in [0.1, 0.15) is 18.1 Å². The Kier molecular flexibility index (Phi) is 6.05. The van der Waals surface area contributed by atoms with Crippen molar-refractivity contribution < 1.29 is 14.3 Å². The zero-order chi connectivity index (χ0) is 13.4. The lowest BCUT2D eigenvalue weighted by Gasteiger charge is -2.11. The second-order valence-electron chi connectivity index (χ2n) is 4.12. The Labute approximate surface area is 108 Å². The van der Waals surface area contributed by atoms with Crippen molar-refractivity contribution in [1.29, 1.82) is 0 Å². The molecule has 0 bridgehead atoms. The predicted molar refractivity (Wildman–Crippen MR) is 71.0 cm³/mol. The van der Waals surface area contributed by atoms with Crippen LogP contribution in [0.1, 0.15) is 20.3 Å². The van der Waals surface area contributed by atoms with E-state index in [0.717, 1.165) is 17.9 Å². The van der Waals surface area contributed by atoms with E-state index < -0.39 is 0 Å². The Bertz CT molecular complexity index is 362. The van der Waals surface area contributed by atoms with Crippen molar-refractivity contribution in [3.05, 3.63) is 24.3 Å². The number of carbonyl (C=O) groups is 1. The van der Waals surface area contributed by atoms with Gasteiger partial charge in [-0.05, 0) is 30.7 Å². The molecule has 4 nitrogen and oxygen atoms in total. The molecular weight excluding hydrogens is 230 g/mol. The molecule has 0 heterocycles. The SMILES string of the molecule is CCC(C)C(=O)NCCOc1ccc(OC)cc1. The van der Waals surface area contributed by atoms with Gasteiger partial charge in [0.05, 0.1) is 13.7 Å². The summed E-state index contributed by atoms with van der Waals surface area (Å²) >= 11 is 0. The minimum absolute atomic E-state index is 0.0611. The van der Waals surface area contributed by atoms with Crippen molar-refractivity contribution in [3.63, 3.8) is 0 Å². The van der Waals surface area contributed by atoms with E-state index in [2.05, 4.69) is 5.32 Å². The summed E-state index contributed by atoms with van der Waals surface area (Å²) in [6.07, 6.45) is 0.852. The van der Waals surface area contributed by atoms with E-state index in [1.54, 1.807) is 7.11 Å². The van der Waals surface area contributed by atoms with Crippen molar-refractivity contribution in [2.24, 2.45) is 5.92 Å². The smallest absolute Gasteiger partial charge is 0.222 e. The largest absolute Gasteiger partial charge is 0.497 e. The number of benzene rings is 1. The molecule has 100 valence electrons. The van der Waals surface area contributed by atoms with E-state index in [9.17, 15) is 4.79 Å². The van der Waals surface area contributed by atoms with Gasteiger partial charge >= 0.3 is 0 Å². The molecule has 0 spiro atoms. The minimum Gasteiger partial charge on any atom is -0.497 e. The number of carbonyl (C=O) groups excluding carboxylic acids is 1. The van der Waals surface area contributed by atoms with Crippen LogP contribution in [0.15, 0.2) is 24.3 Å². The molecule has 0 saturated carbocycles. The lowest BCUT2D eigenvalue weighted by Crippen LogP contribution is -2.32. The van der Waals surface area contributed by atoms with Crippen molar-refractivity contribution in [2.75, 3.05) is 20.3 Å². The molecule has 0 saturated heterocycles. The minimum atomic E-state index is 0.0611. The van der Waals surface area contributed by atoms with Crippen LogP contribution in [-0.4, -0.2) is 26.2 Å². The molecule has 1 unspecified atom stereocenters. The first-order chi connectivity index (χ1) is 8.67. The zero-order valence-electron chi connectivity index (χ0n) is 11.2. The maximum absolute atomic E-state index is 11.5. The molecule has 18 heavy (non-hydrogen) atoms. The summed E-state index contributed by atoms with van der Waals surface area (Å²) < 4.78 is 10.6. The molecule has 0 aromatic heterocycles. The first-order valence-electron chi connectivity index (χ1n) is 6.22. The quantitative estimate of drug-likeness (QED) is 0.756. The zero-order valence-corrected chi connectivity index (χ0v) is 11.2. The lowest BCUT2D eigenvalue weighted by molar-refractivity contribution is -0.124. The summed E-state index contributed by atoms with van der Waals surface area (Å²) in [6.45, 7) is 4.90. The van der Waals surface area contributed by atoms with Crippen LogP contribution in [0.3, 0.4) is 0 Å². The van der Waals surface area contributed by atoms with Crippen LogP contribution in [0.5, 0.6) is 11.5 Å². The molecule has 1 N–H and O–H groups in total. The summed E-state index contributed by atoms with van der Waals surface area (Å²) in [7, 11) is 1.63. The number of ether oxygens (including phenoxy) is 2. The molecule has 1 amide bonds. The van der Waals surface area contributed by atoms with Crippen LogP contribution in [0.2, 0.25) is 0 Å². The Morgan fingerprint density at radius 3 is 2.44 bits per heavy atom. The van der Waals surface area contributed by atoms with E-state index in [1.807, 2.05) is 38.1 Å². The monoisotopic (exact) mass is 251 g/mol. The summed E-state index contributed by atoms with van der Waals surface area (Å²) in [6, 6.07) is 7.37. The van der Waals surface area contributed by atoms with E-state index >= 15 is 0 Å². The highest BCUT2D eigenvalue weighted by atomic mass is 16.5. The van der Waals surface area contributed by atoms with Crippen LogP contribution < -0.4 is 14.8 Å². The number of rotatable bonds is 7. The van der Waals surface area contributed by atoms with Crippen molar-refractivity contribution in [2.45, 2.75) is 20.3 Å². The van der Waals surface area contributed by atoms with Gasteiger partial charge in [-0.2, -0.15) is 0 Å². The fourth-order valence-corrected chi connectivity index (χ4v) is 1.37. The van der Waals surface area contributed by atoms with Crippen LogP contribution in [0.4, 0.5) is 0 Å². The molecule has 4 heteroatoms. The molecule has 1 rings (SSSR count). The average Bonchev–Trinajstić information content (AvgIpc) is 2.43. The maximum Gasteiger partial charge on any atom is 0.222 e. The second kappa shape index (κ2) is 7.58. The normalized spacial score (nSPS) is 11.7. The van der Waals surface area contributed by atoms with E-state index in [1.165, 1.54) is 0 Å². The number of nitrogens with one attached hydrogen (secondary N) is 1. The first-order valence-corrected chi connectivity index (χ1v) is 6.22. The number of hydrogen-bond acceptors (Lipinski definition) is 3. The van der Waals surface area contributed by atoms with Gasteiger partial charge in [-0.3, -0.25) is 4.79 Å². The third-order valence-electron chi connectivity index (χ3n) is 2.79. The van der Waals surface area contributed by atoms with Gasteiger partial charge in [0.25, 0.3) is 0 Å². The molecule has 0 aliphatic carbocycles. The first kappa shape index (κ1) is 14.4. The predicted octanol–water partition coefficient (Wildman–Crippen LogP) is 2.24.